The molecule has 7 heteroatoms. The van der Waals surface area contributed by atoms with Gasteiger partial charge in [0.05, 0.1) is 30.0 Å². The lowest BCUT2D eigenvalue weighted by Gasteiger charge is -2.12. The van der Waals surface area contributed by atoms with E-state index in [-0.39, 0.29) is 17.9 Å². The molecule has 7 nitrogen and oxygen atoms in total. The van der Waals surface area contributed by atoms with Crippen molar-refractivity contribution in [3.63, 3.8) is 0 Å². The molecule has 0 saturated carbocycles. The second-order valence-corrected chi connectivity index (χ2v) is 7.54. The molecule has 3 heterocycles. The van der Waals surface area contributed by atoms with Crippen molar-refractivity contribution in [2.24, 2.45) is 0 Å². The van der Waals surface area contributed by atoms with Crippen molar-refractivity contribution in [2.75, 3.05) is 0 Å². The first-order valence-electron chi connectivity index (χ1n) is 10.2. The summed E-state index contributed by atoms with van der Waals surface area (Å²) < 4.78 is 1.81. The Morgan fingerprint density at radius 2 is 1.90 bits per heavy atom. The van der Waals surface area contributed by atoms with Crippen molar-refractivity contribution in [1.82, 2.24) is 25.4 Å². The van der Waals surface area contributed by atoms with E-state index >= 15 is 0 Å². The number of aromatic nitrogens is 3. The van der Waals surface area contributed by atoms with Crippen LogP contribution in [0.25, 0.3) is 0 Å². The van der Waals surface area contributed by atoms with E-state index < -0.39 is 0 Å². The first-order chi connectivity index (χ1) is 14.7. The normalized spacial score (nSPS) is 14.9. The summed E-state index contributed by atoms with van der Waals surface area (Å²) in [5, 5.41) is 10.3. The number of amides is 2. The van der Waals surface area contributed by atoms with Crippen LogP contribution in [0.15, 0.2) is 61.1 Å². The van der Waals surface area contributed by atoms with Crippen molar-refractivity contribution < 1.29 is 9.59 Å². The maximum atomic E-state index is 12.6. The molecule has 3 aromatic rings. The third kappa shape index (κ3) is 4.92. The zero-order chi connectivity index (χ0) is 20.8. The van der Waals surface area contributed by atoms with E-state index in [0.29, 0.717) is 31.5 Å². The highest BCUT2D eigenvalue weighted by Gasteiger charge is 2.28. The molecule has 1 aromatic carbocycles. The summed E-state index contributed by atoms with van der Waals surface area (Å²) in [5.74, 6) is -0.112. The van der Waals surface area contributed by atoms with Gasteiger partial charge < -0.3 is 10.6 Å². The van der Waals surface area contributed by atoms with Crippen molar-refractivity contribution >= 4 is 11.8 Å². The van der Waals surface area contributed by atoms with Crippen LogP contribution in [-0.2, 0) is 30.7 Å². The fourth-order valence-corrected chi connectivity index (χ4v) is 3.75. The van der Waals surface area contributed by atoms with Gasteiger partial charge in [-0.2, -0.15) is 5.10 Å². The molecule has 0 aliphatic carbocycles. The Morgan fingerprint density at radius 1 is 1.07 bits per heavy atom. The first kappa shape index (κ1) is 19.8. The van der Waals surface area contributed by atoms with Gasteiger partial charge >= 0.3 is 0 Å². The Kier molecular flexibility index (Phi) is 6.17. The smallest absolute Gasteiger partial charge is 0.255 e. The molecule has 154 valence electrons. The molecule has 2 N–H and O–H groups in total. The van der Waals surface area contributed by atoms with Gasteiger partial charge in [-0.1, -0.05) is 36.4 Å². The molecule has 1 atom stereocenters. The van der Waals surface area contributed by atoms with E-state index in [0.717, 1.165) is 24.1 Å². The largest absolute Gasteiger partial charge is 0.351 e. The number of carbonyl (C=O) groups is 2. The number of fused-ring (bicyclic) bond motifs is 1. The number of nitrogens with one attached hydrogen (secondary N) is 2. The molecule has 1 aliphatic heterocycles. The maximum absolute atomic E-state index is 12.6. The number of pyridine rings is 1. The Labute approximate surface area is 175 Å². The highest BCUT2D eigenvalue weighted by Crippen LogP contribution is 2.19. The van der Waals surface area contributed by atoms with Gasteiger partial charge in [0.1, 0.15) is 0 Å². The van der Waals surface area contributed by atoms with Gasteiger partial charge in [-0.15, -0.1) is 0 Å². The van der Waals surface area contributed by atoms with Crippen LogP contribution in [0.2, 0.25) is 0 Å². The lowest BCUT2D eigenvalue weighted by molar-refractivity contribution is -0.121. The Bertz CT molecular complexity index is 1000. The van der Waals surface area contributed by atoms with E-state index in [1.165, 1.54) is 5.56 Å². The summed E-state index contributed by atoms with van der Waals surface area (Å²) in [6.45, 7) is 1.01. The van der Waals surface area contributed by atoms with Crippen molar-refractivity contribution in [3.8, 4) is 0 Å². The molecule has 2 aromatic heterocycles. The fraction of sp³-hybridized carbons (Fsp3) is 0.304. The predicted octanol–water partition coefficient (Wildman–Crippen LogP) is 2.27. The number of carbonyl (C=O) groups excluding carboxylic acids is 2. The van der Waals surface area contributed by atoms with Crippen LogP contribution in [-0.4, -0.2) is 32.6 Å². The summed E-state index contributed by atoms with van der Waals surface area (Å²) in [7, 11) is 0. The molecule has 4 rings (SSSR count). The zero-order valence-corrected chi connectivity index (χ0v) is 16.8. The molecule has 1 aliphatic rings. The summed E-state index contributed by atoms with van der Waals surface area (Å²) in [6, 6.07) is 13.9. The monoisotopic (exact) mass is 403 g/mol. The van der Waals surface area contributed by atoms with Gasteiger partial charge in [-0.3, -0.25) is 19.3 Å². The van der Waals surface area contributed by atoms with E-state index in [4.69, 9.17) is 0 Å². The van der Waals surface area contributed by atoms with Crippen molar-refractivity contribution in [1.29, 1.82) is 0 Å². The van der Waals surface area contributed by atoms with E-state index in [9.17, 15) is 9.59 Å². The summed E-state index contributed by atoms with van der Waals surface area (Å²) in [5.41, 5.74) is 3.62. The highest BCUT2D eigenvalue weighted by molar-refractivity contribution is 5.95. The highest BCUT2D eigenvalue weighted by atomic mass is 16.2. The minimum atomic E-state index is -0.157. The predicted molar refractivity (Wildman–Crippen MR) is 113 cm³/mol. The molecule has 1 unspecified atom stereocenters. The molecule has 0 spiro atoms. The van der Waals surface area contributed by atoms with E-state index in [2.05, 4.69) is 32.8 Å². The number of hydrogen-bond acceptors (Lipinski definition) is 4. The number of benzene rings is 1. The number of aryl methyl sites for hydroxylation is 1. The van der Waals surface area contributed by atoms with Gasteiger partial charge in [0.2, 0.25) is 5.91 Å². The van der Waals surface area contributed by atoms with Crippen LogP contribution in [0.5, 0.6) is 0 Å². The first-order valence-corrected chi connectivity index (χ1v) is 10.2. The van der Waals surface area contributed by atoms with Crippen LogP contribution in [0.4, 0.5) is 0 Å². The summed E-state index contributed by atoms with van der Waals surface area (Å²) >= 11 is 0. The lowest BCUT2D eigenvalue weighted by Crippen LogP contribution is -2.36. The summed E-state index contributed by atoms with van der Waals surface area (Å²) in [6.07, 6.45) is 7.84. The molecule has 0 bridgehead atoms. The molecule has 30 heavy (non-hydrogen) atoms. The number of rotatable bonds is 8. The Hall–Kier alpha value is -3.48. The molecule has 0 saturated heterocycles. The van der Waals surface area contributed by atoms with Gasteiger partial charge in [-0.05, 0) is 30.0 Å². The molecular weight excluding hydrogens is 378 g/mol. The maximum Gasteiger partial charge on any atom is 0.255 e. The second kappa shape index (κ2) is 9.35. The zero-order valence-electron chi connectivity index (χ0n) is 16.8. The Morgan fingerprint density at radius 3 is 2.70 bits per heavy atom. The van der Waals surface area contributed by atoms with Gasteiger partial charge in [0.25, 0.3) is 5.91 Å². The number of hydrogen-bond donors (Lipinski definition) is 2. The van der Waals surface area contributed by atoms with Crippen molar-refractivity contribution in [2.45, 2.75) is 44.8 Å². The van der Waals surface area contributed by atoms with Crippen LogP contribution in [0.1, 0.15) is 40.0 Å². The van der Waals surface area contributed by atoms with Gasteiger partial charge in [0.15, 0.2) is 0 Å². The van der Waals surface area contributed by atoms with Gasteiger partial charge in [0, 0.05) is 31.8 Å². The van der Waals surface area contributed by atoms with Crippen LogP contribution in [0.3, 0.4) is 0 Å². The number of nitrogens with zero attached hydrogens (tertiary/aromatic N) is 3. The van der Waals surface area contributed by atoms with E-state index in [1.54, 1.807) is 18.6 Å². The lowest BCUT2D eigenvalue weighted by atomic mass is 10.1. The minimum absolute atomic E-state index is 0.0252. The van der Waals surface area contributed by atoms with Gasteiger partial charge in [-0.25, -0.2) is 0 Å². The van der Waals surface area contributed by atoms with Crippen LogP contribution >= 0.6 is 0 Å². The molecule has 0 radical (unpaired) electrons. The standard InChI is InChI=1S/C23H25N5O2/c29-22(10-4-8-17-6-2-1-3-7-17)27-19-12-21-20(15-26-28(21)16-19)23(30)25-14-18-9-5-11-24-13-18/h1-3,5-7,9,11,13,15,19H,4,8,10,12,14,16H2,(H,25,30)(H,27,29). The van der Waals surface area contributed by atoms with Crippen LogP contribution < -0.4 is 10.6 Å². The topological polar surface area (TPSA) is 88.9 Å². The average molecular weight is 403 g/mol. The minimum Gasteiger partial charge on any atom is -0.351 e. The fourth-order valence-electron chi connectivity index (χ4n) is 3.75. The molecule has 0 fully saturated rings. The van der Waals surface area contributed by atoms with Crippen LogP contribution in [0, 0.1) is 0 Å². The van der Waals surface area contributed by atoms with E-state index in [1.807, 2.05) is 35.0 Å². The third-order valence-corrected chi connectivity index (χ3v) is 5.28. The quantitative estimate of drug-likeness (QED) is 0.604. The Balaban J connectivity index is 1.25. The second-order valence-electron chi connectivity index (χ2n) is 7.54. The third-order valence-electron chi connectivity index (χ3n) is 5.28. The molecular formula is C23H25N5O2. The summed E-state index contributed by atoms with van der Waals surface area (Å²) in [4.78, 5) is 28.9. The molecule has 2 amide bonds. The van der Waals surface area contributed by atoms with Crippen molar-refractivity contribution in [3.05, 3.63) is 83.4 Å². The average Bonchev–Trinajstić information content (AvgIpc) is 3.33. The SMILES string of the molecule is O=C(CCCc1ccccc1)NC1Cc2c(C(=O)NCc3cccnc3)cnn2C1.